The standard InChI is InChI=1S/C21H21ClF4N4O4S/c1-3-27-20(35-2)17(32)13(7-8-21(24,25)26)30-15(31)10-28-18(33)14-9-29-19(34-14)11-5-4-6-12(23)16(11)22/h3-6,9,13,17,32H,1,7-8,10H2,2H3,(H,28,33)(H,30,31). The molecular formula is C21H21ClF4N4O4S. The van der Waals surface area contributed by atoms with Crippen molar-refractivity contribution in [3.63, 3.8) is 0 Å². The summed E-state index contributed by atoms with van der Waals surface area (Å²) in [5.41, 5.74) is 0.107. The lowest BCUT2D eigenvalue weighted by molar-refractivity contribution is -0.139. The zero-order valence-corrected chi connectivity index (χ0v) is 19.8. The molecule has 2 rings (SSSR count). The molecule has 0 aliphatic rings. The summed E-state index contributed by atoms with van der Waals surface area (Å²) in [6.07, 6.45) is -4.23. The Kier molecular flexibility index (Phi) is 10.3. The molecule has 1 aromatic carbocycles. The van der Waals surface area contributed by atoms with Crippen LogP contribution < -0.4 is 10.6 Å². The van der Waals surface area contributed by atoms with Crippen LogP contribution in [0.3, 0.4) is 0 Å². The summed E-state index contributed by atoms with van der Waals surface area (Å²) >= 11 is 6.85. The predicted octanol–water partition coefficient (Wildman–Crippen LogP) is 3.96. The second kappa shape index (κ2) is 12.7. The van der Waals surface area contributed by atoms with Gasteiger partial charge in [-0.15, -0.1) is 11.8 Å². The van der Waals surface area contributed by atoms with Crippen molar-refractivity contribution in [1.82, 2.24) is 15.6 Å². The third-order valence-corrected chi connectivity index (χ3v) is 5.62. The number of aromatic nitrogens is 1. The number of oxazole rings is 1. The Morgan fingerprint density at radius 3 is 2.74 bits per heavy atom. The zero-order chi connectivity index (χ0) is 26.2. The Hall–Kier alpha value is -2.90. The highest BCUT2D eigenvalue weighted by molar-refractivity contribution is 8.13. The van der Waals surface area contributed by atoms with Crippen molar-refractivity contribution >= 4 is 40.2 Å². The summed E-state index contributed by atoms with van der Waals surface area (Å²) in [6, 6.07) is 2.60. The first-order valence-corrected chi connectivity index (χ1v) is 11.5. The number of carbonyl (C=O) groups is 2. The normalized spacial score (nSPS) is 13.7. The van der Waals surface area contributed by atoms with Crippen LogP contribution in [0.15, 0.2) is 46.6 Å². The van der Waals surface area contributed by atoms with E-state index in [2.05, 4.69) is 27.2 Å². The molecule has 0 fully saturated rings. The van der Waals surface area contributed by atoms with E-state index in [0.29, 0.717) is 0 Å². The molecule has 3 N–H and O–H groups in total. The maximum absolute atomic E-state index is 13.6. The molecule has 1 aromatic heterocycles. The molecule has 0 spiro atoms. The highest BCUT2D eigenvalue weighted by Gasteiger charge is 2.33. The average Bonchev–Trinajstić information content (AvgIpc) is 3.29. The Balaban J connectivity index is 2.04. The van der Waals surface area contributed by atoms with Gasteiger partial charge in [-0.3, -0.25) is 14.6 Å². The van der Waals surface area contributed by atoms with Crippen molar-refractivity contribution in [1.29, 1.82) is 0 Å². The van der Waals surface area contributed by atoms with E-state index >= 15 is 0 Å². The summed E-state index contributed by atoms with van der Waals surface area (Å²) in [5, 5.41) is 14.7. The lowest BCUT2D eigenvalue weighted by Gasteiger charge is -2.25. The minimum absolute atomic E-state index is 0.0571. The molecule has 190 valence electrons. The van der Waals surface area contributed by atoms with E-state index in [1.54, 1.807) is 6.26 Å². The Labute approximate surface area is 206 Å². The second-order valence-corrected chi connectivity index (χ2v) is 8.14. The molecule has 0 radical (unpaired) electrons. The van der Waals surface area contributed by atoms with E-state index in [1.807, 2.05) is 0 Å². The Morgan fingerprint density at radius 1 is 1.40 bits per heavy atom. The largest absolute Gasteiger partial charge is 0.431 e. The fourth-order valence-corrected chi connectivity index (χ4v) is 3.61. The molecule has 0 bridgehead atoms. The number of nitrogens with one attached hydrogen (secondary N) is 2. The maximum atomic E-state index is 13.6. The van der Waals surface area contributed by atoms with Gasteiger partial charge < -0.3 is 20.2 Å². The number of hydrogen-bond donors (Lipinski definition) is 3. The molecule has 8 nitrogen and oxygen atoms in total. The summed E-state index contributed by atoms with van der Waals surface area (Å²) in [7, 11) is 0. The molecule has 0 saturated carbocycles. The van der Waals surface area contributed by atoms with Gasteiger partial charge in [0.1, 0.15) is 17.0 Å². The van der Waals surface area contributed by atoms with Crippen molar-refractivity contribution in [3.8, 4) is 11.5 Å². The predicted molar refractivity (Wildman–Crippen MR) is 124 cm³/mol. The third kappa shape index (κ3) is 8.37. The maximum Gasteiger partial charge on any atom is 0.389 e. The van der Waals surface area contributed by atoms with E-state index < -0.39 is 55.3 Å². The Bertz CT molecular complexity index is 1090. The summed E-state index contributed by atoms with van der Waals surface area (Å²) < 4.78 is 57.0. The molecule has 0 aliphatic heterocycles. The number of benzene rings is 1. The topological polar surface area (TPSA) is 117 Å². The molecule has 1 heterocycles. The quantitative estimate of drug-likeness (QED) is 0.240. The first-order valence-electron chi connectivity index (χ1n) is 9.92. The van der Waals surface area contributed by atoms with Gasteiger partial charge in [0, 0.05) is 12.6 Å². The third-order valence-electron chi connectivity index (χ3n) is 4.47. The minimum atomic E-state index is -4.51. The zero-order valence-electron chi connectivity index (χ0n) is 18.2. The van der Waals surface area contributed by atoms with Crippen LogP contribution in [-0.2, 0) is 4.79 Å². The number of thioether (sulfide) groups is 1. The smallest absolute Gasteiger partial charge is 0.389 e. The lowest BCUT2D eigenvalue weighted by atomic mass is 10.1. The summed E-state index contributed by atoms with van der Waals surface area (Å²) in [4.78, 5) is 32.3. The SMILES string of the molecule is C=CN=C(SC)C(O)C(CCC(F)(F)F)NC(=O)CNC(=O)c1cnc(-c2cccc(F)c2Cl)o1. The Morgan fingerprint density at radius 2 is 2.11 bits per heavy atom. The number of amides is 2. The average molecular weight is 537 g/mol. The first kappa shape index (κ1) is 28.3. The number of aliphatic imine (C=N–C) groups is 1. The van der Waals surface area contributed by atoms with Gasteiger partial charge in [0.2, 0.25) is 17.6 Å². The van der Waals surface area contributed by atoms with Crippen LogP contribution in [-0.4, -0.2) is 58.1 Å². The van der Waals surface area contributed by atoms with Gasteiger partial charge in [0.25, 0.3) is 5.91 Å². The van der Waals surface area contributed by atoms with Crippen LogP contribution in [0.4, 0.5) is 17.6 Å². The van der Waals surface area contributed by atoms with Crippen LogP contribution in [0.1, 0.15) is 23.4 Å². The number of alkyl halides is 3. The van der Waals surface area contributed by atoms with Crippen molar-refractivity contribution in [2.45, 2.75) is 31.2 Å². The monoisotopic (exact) mass is 536 g/mol. The van der Waals surface area contributed by atoms with Crippen LogP contribution in [0, 0.1) is 5.82 Å². The first-order chi connectivity index (χ1) is 16.5. The van der Waals surface area contributed by atoms with E-state index in [9.17, 15) is 32.3 Å². The van der Waals surface area contributed by atoms with Crippen molar-refractivity contribution in [3.05, 3.63) is 53.8 Å². The molecule has 0 aliphatic carbocycles. The van der Waals surface area contributed by atoms with Gasteiger partial charge in [0.15, 0.2) is 0 Å². The van der Waals surface area contributed by atoms with Crippen LogP contribution in [0.25, 0.3) is 11.5 Å². The molecular weight excluding hydrogens is 516 g/mol. The second-order valence-electron chi connectivity index (χ2n) is 6.94. The summed E-state index contributed by atoms with van der Waals surface area (Å²) in [6.45, 7) is 2.74. The van der Waals surface area contributed by atoms with Crippen molar-refractivity contribution in [2.75, 3.05) is 12.8 Å². The van der Waals surface area contributed by atoms with Gasteiger partial charge in [-0.25, -0.2) is 9.37 Å². The highest BCUT2D eigenvalue weighted by Crippen LogP contribution is 2.29. The number of hydrogen-bond acceptors (Lipinski definition) is 7. The number of aliphatic hydroxyl groups is 1. The van der Waals surface area contributed by atoms with E-state index in [4.69, 9.17) is 16.0 Å². The van der Waals surface area contributed by atoms with Gasteiger partial charge >= 0.3 is 6.18 Å². The molecule has 0 saturated heterocycles. The van der Waals surface area contributed by atoms with Crippen LogP contribution >= 0.6 is 23.4 Å². The van der Waals surface area contributed by atoms with E-state index in [0.717, 1.165) is 30.2 Å². The van der Waals surface area contributed by atoms with E-state index in [-0.39, 0.29) is 27.3 Å². The fraction of sp³-hybridized carbons (Fsp3) is 0.333. The molecule has 14 heteroatoms. The molecule has 2 atom stereocenters. The molecule has 2 unspecified atom stereocenters. The van der Waals surface area contributed by atoms with Crippen LogP contribution in [0.5, 0.6) is 0 Å². The molecule has 2 aromatic rings. The van der Waals surface area contributed by atoms with Crippen LogP contribution in [0.2, 0.25) is 5.02 Å². The molecule has 35 heavy (non-hydrogen) atoms. The van der Waals surface area contributed by atoms with E-state index in [1.165, 1.54) is 12.1 Å². The minimum Gasteiger partial charge on any atom is -0.431 e. The lowest BCUT2D eigenvalue weighted by Crippen LogP contribution is -2.49. The van der Waals surface area contributed by atoms with Gasteiger partial charge in [0.05, 0.1) is 29.4 Å². The number of halogens is 5. The molecule has 2 amide bonds. The number of carbonyl (C=O) groups excluding carboxylic acids is 2. The number of aliphatic hydroxyl groups excluding tert-OH is 1. The number of nitrogens with zero attached hydrogens (tertiary/aromatic N) is 2. The van der Waals surface area contributed by atoms with Gasteiger partial charge in [-0.05, 0) is 24.8 Å². The summed E-state index contributed by atoms with van der Waals surface area (Å²) in [5.74, 6) is -2.89. The van der Waals surface area contributed by atoms with Crippen molar-refractivity contribution < 1.29 is 36.7 Å². The fourth-order valence-electron chi connectivity index (χ4n) is 2.82. The van der Waals surface area contributed by atoms with Crippen molar-refractivity contribution in [2.24, 2.45) is 4.99 Å². The van der Waals surface area contributed by atoms with Gasteiger partial charge in [-0.2, -0.15) is 13.2 Å². The van der Waals surface area contributed by atoms with Gasteiger partial charge in [-0.1, -0.05) is 24.2 Å². The highest BCUT2D eigenvalue weighted by atomic mass is 35.5. The number of rotatable bonds is 10.